The summed E-state index contributed by atoms with van der Waals surface area (Å²) >= 11 is 5.92. The largest absolute Gasteiger partial charge is 0.467 e. The zero-order valence-corrected chi connectivity index (χ0v) is 18.5. The van der Waals surface area contributed by atoms with E-state index in [0.29, 0.717) is 27.3 Å². The number of hydrogen-bond acceptors (Lipinski definition) is 5. The van der Waals surface area contributed by atoms with Gasteiger partial charge in [-0.05, 0) is 47.5 Å². The molecule has 6 nitrogen and oxygen atoms in total. The van der Waals surface area contributed by atoms with E-state index in [9.17, 15) is 14.4 Å². The molecule has 1 atom stereocenters. The molecule has 0 aliphatic rings. The van der Waals surface area contributed by atoms with Crippen LogP contribution in [0, 0.1) is 0 Å². The van der Waals surface area contributed by atoms with Gasteiger partial charge < -0.3 is 14.5 Å². The Labute approximate surface area is 194 Å². The van der Waals surface area contributed by atoms with Crippen molar-refractivity contribution in [2.45, 2.75) is 12.5 Å². The van der Waals surface area contributed by atoms with Crippen LogP contribution in [0.5, 0.6) is 0 Å². The molecule has 7 heteroatoms. The van der Waals surface area contributed by atoms with Gasteiger partial charge in [0.2, 0.25) is 0 Å². The molecule has 0 saturated heterocycles. The minimum absolute atomic E-state index is 0.240. The van der Waals surface area contributed by atoms with Crippen LogP contribution in [0.2, 0.25) is 5.02 Å². The van der Waals surface area contributed by atoms with Gasteiger partial charge in [-0.2, -0.15) is 0 Å². The molecule has 4 rings (SSSR count). The summed E-state index contributed by atoms with van der Waals surface area (Å²) in [6.07, 6.45) is 0.240. The number of benzene rings is 3. The Balaban J connectivity index is 1.60. The lowest BCUT2D eigenvalue weighted by Crippen LogP contribution is -2.43. The summed E-state index contributed by atoms with van der Waals surface area (Å²) in [7, 11) is 1.27. The number of nitrogens with one attached hydrogen (secondary N) is 1. The molecular weight excluding hydrogens is 442 g/mol. The van der Waals surface area contributed by atoms with Crippen LogP contribution in [-0.2, 0) is 16.0 Å². The number of rotatable bonds is 6. The highest BCUT2D eigenvalue weighted by Gasteiger charge is 2.23. The van der Waals surface area contributed by atoms with Crippen LogP contribution in [0.4, 0.5) is 0 Å². The molecule has 33 heavy (non-hydrogen) atoms. The van der Waals surface area contributed by atoms with Crippen LogP contribution in [0.25, 0.3) is 22.1 Å². The highest BCUT2D eigenvalue weighted by Crippen LogP contribution is 2.22. The van der Waals surface area contributed by atoms with Crippen molar-refractivity contribution in [1.82, 2.24) is 5.32 Å². The van der Waals surface area contributed by atoms with Crippen molar-refractivity contribution in [2.24, 2.45) is 0 Å². The van der Waals surface area contributed by atoms with Gasteiger partial charge in [0.05, 0.1) is 12.7 Å². The van der Waals surface area contributed by atoms with E-state index in [2.05, 4.69) is 5.32 Å². The number of carbonyl (C=O) groups is 2. The molecule has 1 N–H and O–H groups in total. The lowest BCUT2D eigenvalue weighted by atomic mass is 10.0. The number of carbonyl (C=O) groups excluding carboxylic acids is 2. The lowest BCUT2D eigenvalue weighted by molar-refractivity contribution is -0.142. The average molecular weight is 462 g/mol. The molecule has 0 saturated carbocycles. The summed E-state index contributed by atoms with van der Waals surface area (Å²) in [4.78, 5) is 37.8. The number of para-hydroxylation sites is 1. The molecule has 1 heterocycles. The highest BCUT2D eigenvalue weighted by molar-refractivity contribution is 6.30. The molecule has 3 aromatic carbocycles. The zero-order chi connectivity index (χ0) is 23.4. The number of methoxy groups -OCH3 is 1. The first-order chi connectivity index (χ1) is 15.9. The minimum Gasteiger partial charge on any atom is -0.467 e. The molecule has 0 bridgehead atoms. The van der Waals surface area contributed by atoms with Gasteiger partial charge in [-0.3, -0.25) is 4.79 Å². The fraction of sp³-hybridized carbons (Fsp3) is 0.115. The second-order valence-electron chi connectivity index (χ2n) is 7.45. The summed E-state index contributed by atoms with van der Waals surface area (Å²) < 4.78 is 10.3. The van der Waals surface area contributed by atoms with Crippen molar-refractivity contribution in [3.63, 3.8) is 0 Å². The van der Waals surface area contributed by atoms with Gasteiger partial charge in [0.1, 0.15) is 11.6 Å². The van der Waals surface area contributed by atoms with Gasteiger partial charge >= 0.3 is 11.6 Å². The third kappa shape index (κ3) is 5.13. The van der Waals surface area contributed by atoms with Gasteiger partial charge in [0.25, 0.3) is 5.91 Å². The van der Waals surface area contributed by atoms with E-state index in [1.165, 1.54) is 7.11 Å². The van der Waals surface area contributed by atoms with Crippen LogP contribution >= 0.6 is 11.6 Å². The van der Waals surface area contributed by atoms with Gasteiger partial charge in [-0.25, -0.2) is 9.59 Å². The topological polar surface area (TPSA) is 85.6 Å². The molecule has 0 unspecified atom stereocenters. The van der Waals surface area contributed by atoms with E-state index >= 15 is 0 Å². The maximum absolute atomic E-state index is 13.0. The van der Waals surface area contributed by atoms with Crippen LogP contribution in [-0.4, -0.2) is 25.0 Å². The van der Waals surface area contributed by atoms with E-state index in [0.717, 1.165) is 10.9 Å². The summed E-state index contributed by atoms with van der Waals surface area (Å²) in [5.41, 5.74) is 1.98. The quantitative estimate of drug-likeness (QED) is 0.334. The third-order valence-electron chi connectivity index (χ3n) is 5.22. The standard InChI is InChI=1S/C26H20ClNO5/c1-32-26(31)22(13-16-9-11-20(27)12-10-16)28-24(29)19-7-4-6-17(14-19)21-15-18-5-2-3-8-23(18)33-25(21)30/h2-12,14-15,22H,13H2,1H3,(H,28,29)/t22-/m0/s1. The summed E-state index contributed by atoms with van der Waals surface area (Å²) in [5, 5.41) is 4.07. The monoisotopic (exact) mass is 461 g/mol. The fourth-order valence-corrected chi connectivity index (χ4v) is 3.65. The molecule has 4 aromatic rings. The molecule has 1 aromatic heterocycles. The van der Waals surface area contributed by atoms with E-state index < -0.39 is 23.5 Å². The van der Waals surface area contributed by atoms with Crippen LogP contribution in [0.15, 0.2) is 88.1 Å². The maximum Gasteiger partial charge on any atom is 0.344 e. The SMILES string of the molecule is COC(=O)[C@H](Cc1ccc(Cl)cc1)NC(=O)c1cccc(-c2cc3ccccc3oc2=O)c1. The second kappa shape index (κ2) is 9.71. The Hall–Kier alpha value is -3.90. The van der Waals surface area contributed by atoms with Crippen molar-refractivity contribution in [1.29, 1.82) is 0 Å². The first-order valence-electron chi connectivity index (χ1n) is 10.2. The molecule has 0 fully saturated rings. The van der Waals surface area contributed by atoms with Crippen molar-refractivity contribution in [3.05, 3.63) is 105 Å². The van der Waals surface area contributed by atoms with E-state index in [1.54, 1.807) is 66.7 Å². The Morgan fingerprint density at radius 2 is 1.76 bits per heavy atom. The van der Waals surface area contributed by atoms with Crippen molar-refractivity contribution in [3.8, 4) is 11.1 Å². The Kier molecular flexibility index (Phi) is 6.56. The number of hydrogen-bond donors (Lipinski definition) is 1. The normalized spacial score (nSPS) is 11.7. The van der Waals surface area contributed by atoms with Gasteiger partial charge in [-0.15, -0.1) is 0 Å². The average Bonchev–Trinajstić information content (AvgIpc) is 2.84. The summed E-state index contributed by atoms with van der Waals surface area (Å²) in [5.74, 6) is -1.03. The lowest BCUT2D eigenvalue weighted by Gasteiger charge is -2.17. The van der Waals surface area contributed by atoms with Crippen LogP contribution in [0.1, 0.15) is 15.9 Å². The summed E-state index contributed by atoms with van der Waals surface area (Å²) in [6, 6.07) is 21.6. The first-order valence-corrected chi connectivity index (χ1v) is 10.6. The van der Waals surface area contributed by atoms with Crippen molar-refractivity contribution in [2.75, 3.05) is 7.11 Å². The first kappa shape index (κ1) is 22.3. The number of ether oxygens (including phenoxy) is 1. The van der Waals surface area contributed by atoms with Crippen molar-refractivity contribution < 1.29 is 18.7 Å². The zero-order valence-electron chi connectivity index (χ0n) is 17.7. The Morgan fingerprint density at radius 3 is 2.52 bits per heavy atom. The molecule has 0 spiro atoms. The highest BCUT2D eigenvalue weighted by atomic mass is 35.5. The van der Waals surface area contributed by atoms with Crippen molar-refractivity contribution >= 4 is 34.4 Å². The predicted molar refractivity (Wildman–Crippen MR) is 126 cm³/mol. The fourth-order valence-electron chi connectivity index (χ4n) is 3.52. The Morgan fingerprint density at radius 1 is 1.00 bits per heavy atom. The van der Waals surface area contributed by atoms with E-state index in [1.807, 2.05) is 12.1 Å². The molecule has 1 amide bonds. The number of esters is 1. The number of halogens is 1. The molecule has 0 aliphatic heterocycles. The molecular formula is C26H20ClNO5. The van der Waals surface area contributed by atoms with Crippen LogP contribution in [0.3, 0.4) is 0 Å². The third-order valence-corrected chi connectivity index (χ3v) is 5.47. The van der Waals surface area contributed by atoms with Crippen LogP contribution < -0.4 is 10.9 Å². The minimum atomic E-state index is -0.891. The second-order valence-corrected chi connectivity index (χ2v) is 7.88. The predicted octanol–water partition coefficient (Wildman–Crippen LogP) is 4.63. The maximum atomic E-state index is 13.0. The Bertz CT molecular complexity index is 1380. The molecule has 0 aliphatic carbocycles. The number of fused-ring (bicyclic) bond motifs is 1. The molecule has 0 radical (unpaired) electrons. The number of amides is 1. The van der Waals surface area contributed by atoms with E-state index in [-0.39, 0.29) is 6.42 Å². The smallest absolute Gasteiger partial charge is 0.344 e. The summed E-state index contributed by atoms with van der Waals surface area (Å²) in [6.45, 7) is 0. The van der Waals surface area contributed by atoms with Gasteiger partial charge in [-0.1, -0.05) is 54.1 Å². The van der Waals surface area contributed by atoms with Gasteiger partial charge in [0.15, 0.2) is 0 Å². The molecule has 166 valence electrons. The van der Waals surface area contributed by atoms with Gasteiger partial charge in [0, 0.05) is 22.4 Å². The van der Waals surface area contributed by atoms with E-state index in [4.69, 9.17) is 20.8 Å².